The molecule has 4 heteroatoms. The van der Waals surface area contributed by atoms with Crippen LogP contribution in [0.5, 0.6) is 0 Å². The van der Waals surface area contributed by atoms with Crippen molar-refractivity contribution in [2.75, 3.05) is 0 Å². The normalized spacial score (nSPS) is 14.7. The molecule has 1 N–H and O–H groups in total. The molecule has 0 aliphatic rings. The zero-order valence-electron chi connectivity index (χ0n) is 9.37. The second kappa shape index (κ2) is 5.14. The number of allylic oxidation sites excluding steroid dienone is 4. The molecular weight excluding hydrogens is 203 g/mol. The SMILES string of the molecule is CC(C)=C(C)C(C)/C=C(\C=N)C(F)(F)F. The Balaban J connectivity index is 5.04. The first kappa shape index (κ1) is 13.9. The lowest BCUT2D eigenvalue weighted by atomic mass is 9.96. The van der Waals surface area contributed by atoms with Gasteiger partial charge >= 0.3 is 6.18 Å². The summed E-state index contributed by atoms with van der Waals surface area (Å²) < 4.78 is 36.9. The first-order valence-corrected chi connectivity index (χ1v) is 4.63. The van der Waals surface area contributed by atoms with Crippen LogP contribution >= 0.6 is 0 Å². The van der Waals surface area contributed by atoms with Crippen molar-refractivity contribution in [3.63, 3.8) is 0 Å². The minimum Gasteiger partial charge on any atom is -0.308 e. The third kappa shape index (κ3) is 4.32. The van der Waals surface area contributed by atoms with Gasteiger partial charge in [0, 0.05) is 6.21 Å². The summed E-state index contributed by atoms with van der Waals surface area (Å²) in [6.45, 7) is 7.21. The summed E-state index contributed by atoms with van der Waals surface area (Å²) in [5, 5.41) is 6.73. The van der Waals surface area contributed by atoms with E-state index in [4.69, 9.17) is 5.41 Å². The van der Waals surface area contributed by atoms with E-state index in [2.05, 4.69) is 0 Å². The average molecular weight is 219 g/mol. The Kier molecular flexibility index (Phi) is 4.78. The van der Waals surface area contributed by atoms with Crippen LogP contribution in [0.4, 0.5) is 13.2 Å². The van der Waals surface area contributed by atoms with E-state index in [0.29, 0.717) is 6.21 Å². The van der Waals surface area contributed by atoms with Crippen molar-refractivity contribution in [2.45, 2.75) is 33.9 Å². The van der Waals surface area contributed by atoms with E-state index in [1.54, 1.807) is 13.8 Å². The fourth-order valence-electron chi connectivity index (χ4n) is 1.07. The summed E-state index contributed by atoms with van der Waals surface area (Å²) in [4.78, 5) is 0. The lowest BCUT2D eigenvalue weighted by Gasteiger charge is -2.13. The summed E-state index contributed by atoms with van der Waals surface area (Å²) in [6.07, 6.45) is -3.00. The molecule has 0 amide bonds. The molecule has 1 nitrogen and oxygen atoms in total. The number of hydrogen-bond acceptors (Lipinski definition) is 1. The van der Waals surface area contributed by atoms with Crippen molar-refractivity contribution in [3.8, 4) is 0 Å². The second-order valence-corrected chi connectivity index (χ2v) is 3.74. The molecule has 15 heavy (non-hydrogen) atoms. The van der Waals surface area contributed by atoms with Gasteiger partial charge in [0.2, 0.25) is 0 Å². The lowest BCUT2D eigenvalue weighted by molar-refractivity contribution is -0.0860. The molecule has 0 aromatic heterocycles. The molecule has 0 aromatic carbocycles. The average Bonchev–Trinajstić information content (AvgIpc) is 2.10. The van der Waals surface area contributed by atoms with Crippen molar-refractivity contribution in [3.05, 3.63) is 22.8 Å². The standard InChI is InChI=1S/C11H16F3N/c1-7(2)9(4)8(3)5-10(6-15)11(12,13)14/h5-6,8,15H,1-4H3/b10-5+,15-6?. The van der Waals surface area contributed by atoms with Gasteiger partial charge in [0.1, 0.15) is 0 Å². The number of nitrogens with one attached hydrogen (secondary N) is 1. The maximum Gasteiger partial charge on any atom is 0.417 e. The Bertz CT molecular complexity index is 293. The second-order valence-electron chi connectivity index (χ2n) is 3.74. The van der Waals surface area contributed by atoms with Gasteiger partial charge in [-0.15, -0.1) is 0 Å². The molecule has 0 saturated heterocycles. The van der Waals surface area contributed by atoms with Crippen LogP contribution in [-0.2, 0) is 0 Å². The van der Waals surface area contributed by atoms with Crippen LogP contribution in [0.1, 0.15) is 27.7 Å². The number of rotatable bonds is 3. The van der Waals surface area contributed by atoms with Crippen molar-refractivity contribution in [1.82, 2.24) is 0 Å². The van der Waals surface area contributed by atoms with Gasteiger partial charge < -0.3 is 5.41 Å². The van der Waals surface area contributed by atoms with Crippen molar-refractivity contribution >= 4 is 6.21 Å². The van der Waals surface area contributed by atoms with Crippen LogP contribution in [0.3, 0.4) is 0 Å². The lowest BCUT2D eigenvalue weighted by Crippen LogP contribution is -2.14. The molecule has 1 atom stereocenters. The zero-order chi connectivity index (χ0) is 12.2. The fraction of sp³-hybridized carbons (Fsp3) is 0.545. The van der Waals surface area contributed by atoms with Crippen molar-refractivity contribution in [2.24, 2.45) is 5.92 Å². The van der Waals surface area contributed by atoms with E-state index in [-0.39, 0.29) is 5.92 Å². The maximum absolute atomic E-state index is 12.3. The number of alkyl halides is 3. The predicted octanol–water partition coefficient (Wildman–Crippen LogP) is 4.12. The van der Waals surface area contributed by atoms with Crippen LogP contribution < -0.4 is 0 Å². The Morgan fingerprint density at radius 3 is 1.93 bits per heavy atom. The highest BCUT2D eigenvalue weighted by Crippen LogP contribution is 2.27. The molecule has 0 heterocycles. The highest BCUT2D eigenvalue weighted by Gasteiger charge is 2.32. The Hall–Kier alpha value is -1.06. The largest absolute Gasteiger partial charge is 0.417 e. The molecule has 0 aliphatic heterocycles. The molecule has 0 saturated carbocycles. The topological polar surface area (TPSA) is 23.9 Å². The van der Waals surface area contributed by atoms with Crippen LogP contribution in [0.15, 0.2) is 22.8 Å². The quantitative estimate of drug-likeness (QED) is 0.545. The molecule has 1 unspecified atom stereocenters. The first-order chi connectivity index (χ1) is 6.70. The van der Waals surface area contributed by atoms with Gasteiger partial charge in [0.15, 0.2) is 0 Å². The van der Waals surface area contributed by atoms with Crippen molar-refractivity contribution < 1.29 is 13.2 Å². The maximum atomic E-state index is 12.3. The molecule has 0 radical (unpaired) electrons. The summed E-state index contributed by atoms with van der Waals surface area (Å²) in [5.41, 5.74) is 1.01. The van der Waals surface area contributed by atoms with Gasteiger partial charge in [-0.25, -0.2) is 0 Å². The molecule has 0 spiro atoms. The minimum absolute atomic E-state index is 0.298. The van der Waals surface area contributed by atoms with E-state index in [1.165, 1.54) is 0 Å². The predicted molar refractivity (Wildman–Crippen MR) is 56.1 cm³/mol. The minimum atomic E-state index is -4.43. The molecule has 0 rings (SSSR count). The Morgan fingerprint density at radius 2 is 1.67 bits per heavy atom. The third-order valence-electron chi connectivity index (χ3n) is 2.38. The zero-order valence-corrected chi connectivity index (χ0v) is 9.37. The van der Waals surface area contributed by atoms with Crippen molar-refractivity contribution in [1.29, 1.82) is 5.41 Å². The van der Waals surface area contributed by atoms with Crippen LogP contribution in [-0.4, -0.2) is 12.4 Å². The van der Waals surface area contributed by atoms with Gasteiger partial charge in [-0.1, -0.05) is 24.1 Å². The van der Waals surface area contributed by atoms with E-state index in [1.807, 2.05) is 13.8 Å². The fourth-order valence-corrected chi connectivity index (χ4v) is 1.07. The number of hydrogen-bond donors (Lipinski definition) is 1. The Labute approximate surface area is 88.2 Å². The summed E-state index contributed by atoms with van der Waals surface area (Å²) in [6, 6.07) is 0. The molecule has 0 aliphatic carbocycles. The molecule has 0 fully saturated rings. The van der Waals surface area contributed by atoms with Crippen LogP contribution in [0, 0.1) is 11.3 Å². The van der Waals surface area contributed by atoms with Gasteiger partial charge in [-0.2, -0.15) is 13.2 Å². The van der Waals surface area contributed by atoms with Gasteiger partial charge in [0.25, 0.3) is 0 Å². The van der Waals surface area contributed by atoms with E-state index >= 15 is 0 Å². The van der Waals surface area contributed by atoms with E-state index in [0.717, 1.165) is 17.2 Å². The molecular formula is C11H16F3N. The van der Waals surface area contributed by atoms with Gasteiger partial charge in [-0.05, 0) is 26.7 Å². The van der Waals surface area contributed by atoms with Crippen LogP contribution in [0.25, 0.3) is 0 Å². The molecule has 86 valence electrons. The molecule has 0 bridgehead atoms. The summed E-state index contributed by atoms with van der Waals surface area (Å²) in [7, 11) is 0. The summed E-state index contributed by atoms with van der Waals surface area (Å²) in [5.74, 6) is -0.298. The highest BCUT2D eigenvalue weighted by molar-refractivity contribution is 5.77. The number of halogens is 3. The first-order valence-electron chi connectivity index (χ1n) is 4.63. The monoisotopic (exact) mass is 219 g/mol. The van der Waals surface area contributed by atoms with Gasteiger partial charge in [-0.3, -0.25) is 0 Å². The van der Waals surface area contributed by atoms with E-state index in [9.17, 15) is 13.2 Å². The van der Waals surface area contributed by atoms with E-state index < -0.39 is 11.7 Å². The Morgan fingerprint density at radius 1 is 1.20 bits per heavy atom. The smallest absolute Gasteiger partial charge is 0.308 e. The van der Waals surface area contributed by atoms with Crippen LogP contribution in [0.2, 0.25) is 0 Å². The molecule has 0 aromatic rings. The van der Waals surface area contributed by atoms with Gasteiger partial charge in [0.05, 0.1) is 5.57 Å². The summed E-state index contributed by atoms with van der Waals surface area (Å²) >= 11 is 0. The highest BCUT2D eigenvalue weighted by atomic mass is 19.4. The third-order valence-corrected chi connectivity index (χ3v) is 2.38.